The molecule has 4 aromatic rings. The van der Waals surface area contributed by atoms with Crippen molar-refractivity contribution < 1.29 is 18.7 Å². The van der Waals surface area contributed by atoms with Gasteiger partial charge in [-0.2, -0.15) is 0 Å². The fourth-order valence-corrected chi connectivity index (χ4v) is 4.68. The summed E-state index contributed by atoms with van der Waals surface area (Å²) in [5.74, 6) is 0.991. The molecule has 5 nitrogen and oxygen atoms in total. The van der Waals surface area contributed by atoms with Crippen LogP contribution in [0.1, 0.15) is 23.1 Å². The fourth-order valence-electron chi connectivity index (χ4n) is 4.68. The Hall–Kier alpha value is -4.32. The molecule has 0 spiro atoms. The summed E-state index contributed by atoms with van der Waals surface area (Å²) in [7, 11) is 0. The maximum absolute atomic E-state index is 13.8. The van der Waals surface area contributed by atoms with E-state index in [1.54, 1.807) is 12.1 Å². The molecule has 0 saturated heterocycles. The Morgan fingerprint density at radius 3 is 2.42 bits per heavy atom. The van der Waals surface area contributed by atoms with Gasteiger partial charge >= 0.3 is 0 Å². The monoisotopic (exact) mass is 510 g/mol. The Balaban J connectivity index is 1.43. The van der Waals surface area contributed by atoms with Crippen molar-refractivity contribution in [3.63, 3.8) is 0 Å². The molecule has 6 heteroatoms. The first-order valence-corrected chi connectivity index (χ1v) is 12.9. The van der Waals surface area contributed by atoms with Crippen LogP contribution >= 0.6 is 0 Å². The molecule has 1 N–H and O–H groups in total. The van der Waals surface area contributed by atoms with Crippen LogP contribution in [-0.2, 0) is 24.3 Å². The normalized spacial score (nSPS) is 15.2. The third-order valence-corrected chi connectivity index (χ3v) is 6.70. The first-order chi connectivity index (χ1) is 18.7. The van der Waals surface area contributed by atoms with E-state index >= 15 is 0 Å². The lowest BCUT2D eigenvalue weighted by molar-refractivity contribution is -0.135. The van der Waals surface area contributed by atoms with Gasteiger partial charge < -0.3 is 19.7 Å². The van der Waals surface area contributed by atoms with Crippen LogP contribution in [0.3, 0.4) is 0 Å². The number of anilines is 1. The van der Waals surface area contributed by atoms with Crippen molar-refractivity contribution in [2.45, 2.75) is 32.0 Å². The molecular weight excluding hydrogens is 479 g/mol. The van der Waals surface area contributed by atoms with Gasteiger partial charge in [0.25, 0.3) is 0 Å². The number of ether oxygens (including phenoxy) is 2. The number of rotatable bonds is 6. The summed E-state index contributed by atoms with van der Waals surface area (Å²) in [5, 5.41) is 3.54. The molecule has 1 aliphatic rings. The maximum Gasteiger partial charge on any atom is 0.226 e. The summed E-state index contributed by atoms with van der Waals surface area (Å²) in [4.78, 5) is 15.7. The smallest absolute Gasteiger partial charge is 0.226 e. The van der Waals surface area contributed by atoms with E-state index in [4.69, 9.17) is 9.47 Å². The topological polar surface area (TPSA) is 50.8 Å². The molecule has 0 radical (unpaired) electrons. The van der Waals surface area contributed by atoms with Gasteiger partial charge in [0.2, 0.25) is 5.91 Å². The zero-order valence-corrected chi connectivity index (χ0v) is 21.2. The minimum Gasteiger partial charge on any atom is -0.493 e. The zero-order chi connectivity index (χ0) is 26.2. The fraction of sp³-hybridized carbons (Fsp3) is 0.219. The largest absolute Gasteiger partial charge is 0.493 e. The molecule has 1 atom stereocenters. The lowest BCUT2D eigenvalue weighted by Crippen LogP contribution is -2.45. The van der Waals surface area contributed by atoms with Gasteiger partial charge in [0, 0.05) is 24.3 Å². The number of fused-ring (bicyclic) bond motifs is 2. The third-order valence-electron chi connectivity index (χ3n) is 6.70. The van der Waals surface area contributed by atoms with E-state index < -0.39 is 0 Å². The molecule has 38 heavy (non-hydrogen) atoms. The molecule has 0 bridgehead atoms. The van der Waals surface area contributed by atoms with E-state index in [2.05, 4.69) is 29.6 Å². The second-order valence-corrected chi connectivity index (χ2v) is 9.35. The first kappa shape index (κ1) is 25.3. The van der Waals surface area contributed by atoms with Crippen LogP contribution in [0.25, 0.3) is 0 Å². The van der Waals surface area contributed by atoms with Gasteiger partial charge in [0.15, 0.2) is 0 Å². The number of nitrogens with one attached hydrogen (secondary N) is 1. The van der Waals surface area contributed by atoms with Crippen LogP contribution in [0.4, 0.5) is 10.1 Å². The number of hydrogen-bond donors (Lipinski definition) is 1. The van der Waals surface area contributed by atoms with Crippen molar-refractivity contribution in [3.8, 4) is 11.5 Å². The standard InChI is InChI=1S/C32H31FN2O3/c33-27-14-16-29(17-15-27)37-19-18-32(36)35-22-26-11-4-6-12-30(26)34-21-25-10-5-7-13-31(25)38-23-28(35)20-24-8-2-1-3-9-24/h1-17,28,34H,18-23H2/t28-/m0/s1. The minimum absolute atomic E-state index is 0.0287. The summed E-state index contributed by atoms with van der Waals surface area (Å²) < 4.78 is 25.4. The number of carbonyl (C=O) groups is 1. The van der Waals surface area contributed by atoms with E-state index in [1.807, 2.05) is 59.5 Å². The van der Waals surface area contributed by atoms with Crippen LogP contribution < -0.4 is 14.8 Å². The van der Waals surface area contributed by atoms with Crippen molar-refractivity contribution >= 4 is 11.6 Å². The van der Waals surface area contributed by atoms with E-state index in [0.29, 0.717) is 31.9 Å². The molecule has 5 rings (SSSR count). The van der Waals surface area contributed by atoms with E-state index in [0.717, 1.165) is 28.1 Å². The van der Waals surface area contributed by atoms with Crippen molar-refractivity contribution in [1.82, 2.24) is 4.90 Å². The van der Waals surface area contributed by atoms with Gasteiger partial charge in [-0.3, -0.25) is 4.79 Å². The highest BCUT2D eigenvalue weighted by molar-refractivity contribution is 5.77. The Labute approximate surface area is 222 Å². The molecule has 1 aliphatic heterocycles. The molecule has 1 amide bonds. The predicted molar refractivity (Wildman–Crippen MR) is 147 cm³/mol. The molecular formula is C32H31FN2O3. The van der Waals surface area contributed by atoms with Gasteiger partial charge in [-0.25, -0.2) is 4.39 Å². The number of halogens is 1. The van der Waals surface area contributed by atoms with Crippen molar-refractivity contribution in [2.75, 3.05) is 18.5 Å². The van der Waals surface area contributed by atoms with Gasteiger partial charge in [0.1, 0.15) is 23.9 Å². The number of amides is 1. The number of hydrogen-bond acceptors (Lipinski definition) is 4. The van der Waals surface area contributed by atoms with Gasteiger partial charge in [-0.1, -0.05) is 66.7 Å². The first-order valence-electron chi connectivity index (χ1n) is 12.9. The van der Waals surface area contributed by atoms with Crippen LogP contribution in [0, 0.1) is 5.82 Å². The molecule has 0 saturated carbocycles. The van der Waals surface area contributed by atoms with E-state index in [9.17, 15) is 9.18 Å². The van der Waals surface area contributed by atoms with Crippen LogP contribution in [-0.4, -0.2) is 30.1 Å². The van der Waals surface area contributed by atoms with Crippen LogP contribution in [0.2, 0.25) is 0 Å². The van der Waals surface area contributed by atoms with Crippen LogP contribution in [0.15, 0.2) is 103 Å². The lowest BCUT2D eigenvalue weighted by Gasteiger charge is -2.32. The Kier molecular flexibility index (Phi) is 8.19. The summed E-state index contributed by atoms with van der Waals surface area (Å²) in [6.07, 6.45) is 0.845. The molecule has 194 valence electrons. The lowest BCUT2D eigenvalue weighted by atomic mass is 10.0. The summed E-state index contributed by atoms with van der Waals surface area (Å²) in [5.41, 5.74) is 4.23. The highest BCUT2D eigenvalue weighted by Crippen LogP contribution is 2.26. The molecule has 0 aromatic heterocycles. The van der Waals surface area contributed by atoms with E-state index in [-0.39, 0.29) is 30.8 Å². The average Bonchev–Trinajstić information content (AvgIpc) is 2.98. The number of carbonyl (C=O) groups excluding carboxylic acids is 1. The molecule has 0 aliphatic carbocycles. The Bertz CT molecular complexity index is 1340. The van der Waals surface area contributed by atoms with Gasteiger partial charge in [-0.05, 0) is 53.9 Å². The Morgan fingerprint density at radius 1 is 0.895 bits per heavy atom. The number of benzene rings is 4. The van der Waals surface area contributed by atoms with E-state index in [1.165, 1.54) is 12.1 Å². The number of para-hydroxylation sites is 2. The highest BCUT2D eigenvalue weighted by Gasteiger charge is 2.27. The zero-order valence-electron chi connectivity index (χ0n) is 21.2. The average molecular weight is 511 g/mol. The molecule has 0 unspecified atom stereocenters. The summed E-state index contributed by atoms with van der Waals surface area (Å²) in [6.45, 7) is 1.62. The third kappa shape index (κ3) is 6.51. The molecule has 4 aromatic carbocycles. The van der Waals surface area contributed by atoms with Gasteiger partial charge in [0.05, 0.1) is 19.1 Å². The summed E-state index contributed by atoms with van der Waals surface area (Å²) in [6, 6.07) is 31.9. The van der Waals surface area contributed by atoms with Gasteiger partial charge in [-0.15, -0.1) is 0 Å². The van der Waals surface area contributed by atoms with Crippen molar-refractivity contribution in [2.24, 2.45) is 0 Å². The van der Waals surface area contributed by atoms with Crippen molar-refractivity contribution in [3.05, 3.63) is 126 Å². The second kappa shape index (κ2) is 12.3. The summed E-state index contributed by atoms with van der Waals surface area (Å²) >= 11 is 0. The quantitative estimate of drug-likeness (QED) is 0.334. The minimum atomic E-state index is -0.324. The SMILES string of the molecule is O=C(CCOc1ccc(F)cc1)N1Cc2ccccc2NCc2ccccc2OC[C@@H]1Cc1ccccc1. The van der Waals surface area contributed by atoms with Crippen molar-refractivity contribution in [1.29, 1.82) is 0 Å². The number of nitrogens with zero attached hydrogens (tertiary/aromatic N) is 1. The highest BCUT2D eigenvalue weighted by atomic mass is 19.1. The molecule has 1 heterocycles. The molecule has 0 fully saturated rings. The Morgan fingerprint density at radius 2 is 1.61 bits per heavy atom. The predicted octanol–water partition coefficient (Wildman–Crippen LogP) is 6.24. The maximum atomic E-state index is 13.8. The van der Waals surface area contributed by atoms with Crippen LogP contribution in [0.5, 0.6) is 11.5 Å². The second-order valence-electron chi connectivity index (χ2n) is 9.35.